The van der Waals surface area contributed by atoms with E-state index in [0.29, 0.717) is 6.07 Å². The number of urea groups is 1. The average Bonchev–Trinajstić information content (AvgIpc) is 2.51. The average molecular weight is 283 g/mol. The minimum atomic E-state index is -1.00. The van der Waals surface area contributed by atoms with Gasteiger partial charge in [0.25, 0.3) is 5.91 Å². The Hall–Kier alpha value is -2.02. The summed E-state index contributed by atoms with van der Waals surface area (Å²) >= 11 is 0. The molecular formula is C13H15F2N3O2. The van der Waals surface area contributed by atoms with Crippen LogP contribution in [0.15, 0.2) is 18.2 Å². The summed E-state index contributed by atoms with van der Waals surface area (Å²) in [5.41, 5.74) is 4.85. The van der Waals surface area contributed by atoms with Crippen LogP contribution in [0.25, 0.3) is 0 Å². The lowest BCUT2D eigenvalue weighted by Crippen LogP contribution is -2.41. The van der Waals surface area contributed by atoms with Gasteiger partial charge in [-0.25, -0.2) is 13.6 Å². The molecule has 0 spiro atoms. The fourth-order valence-corrected chi connectivity index (χ4v) is 2.08. The minimum absolute atomic E-state index is 0.0525. The maximum absolute atomic E-state index is 13.6. The Balaban J connectivity index is 2.18. The Labute approximate surface area is 114 Å². The maximum Gasteiger partial charge on any atom is 0.325 e. The van der Waals surface area contributed by atoms with Crippen LogP contribution in [0.1, 0.15) is 25.5 Å². The Morgan fingerprint density at radius 2 is 2.00 bits per heavy atom. The molecule has 5 nitrogen and oxygen atoms in total. The molecule has 1 unspecified atom stereocenters. The van der Waals surface area contributed by atoms with Crippen LogP contribution in [0.2, 0.25) is 0 Å². The van der Waals surface area contributed by atoms with E-state index < -0.39 is 35.2 Å². The zero-order valence-electron chi connectivity index (χ0n) is 11.1. The molecule has 0 aliphatic carbocycles. The molecule has 0 saturated carbocycles. The molecule has 3 N–H and O–H groups in total. The second-order valence-corrected chi connectivity index (χ2v) is 5.24. The van der Waals surface area contributed by atoms with E-state index in [1.807, 2.05) is 0 Å². The highest BCUT2D eigenvalue weighted by molar-refractivity contribution is 6.06. The van der Waals surface area contributed by atoms with Gasteiger partial charge < -0.3 is 11.1 Å². The van der Waals surface area contributed by atoms with Crippen molar-refractivity contribution in [1.82, 2.24) is 10.2 Å². The summed E-state index contributed by atoms with van der Waals surface area (Å²) in [6.45, 7) is 2.96. The second-order valence-electron chi connectivity index (χ2n) is 5.24. The Morgan fingerprint density at radius 1 is 1.35 bits per heavy atom. The van der Waals surface area contributed by atoms with Crippen molar-refractivity contribution in [3.63, 3.8) is 0 Å². The number of imide groups is 1. The topological polar surface area (TPSA) is 75.4 Å². The van der Waals surface area contributed by atoms with Gasteiger partial charge in [-0.3, -0.25) is 9.69 Å². The van der Waals surface area contributed by atoms with Crippen LogP contribution in [0.5, 0.6) is 0 Å². The number of carbonyl (C=O) groups is 2. The molecule has 1 fully saturated rings. The number of benzene rings is 1. The van der Waals surface area contributed by atoms with Crippen LogP contribution in [-0.4, -0.2) is 28.9 Å². The van der Waals surface area contributed by atoms with E-state index in [-0.39, 0.29) is 12.1 Å². The van der Waals surface area contributed by atoms with E-state index >= 15 is 0 Å². The molecule has 2 rings (SSSR count). The van der Waals surface area contributed by atoms with E-state index in [1.54, 1.807) is 13.8 Å². The summed E-state index contributed by atoms with van der Waals surface area (Å²) < 4.78 is 26.4. The van der Waals surface area contributed by atoms with Gasteiger partial charge in [0.05, 0.1) is 6.04 Å². The highest BCUT2D eigenvalue weighted by Crippen LogP contribution is 2.22. The van der Waals surface area contributed by atoms with Gasteiger partial charge >= 0.3 is 6.03 Å². The number of rotatable bonds is 3. The Bertz CT molecular complexity index is 575. The molecule has 7 heteroatoms. The molecule has 1 aromatic rings. The molecule has 20 heavy (non-hydrogen) atoms. The quantitative estimate of drug-likeness (QED) is 0.821. The van der Waals surface area contributed by atoms with Crippen LogP contribution in [-0.2, 0) is 4.79 Å². The zero-order valence-corrected chi connectivity index (χ0v) is 11.1. The van der Waals surface area contributed by atoms with Crippen molar-refractivity contribution in [3.8, 4) is 0 Å². The van der Waals surface area contributed by atoms with Crippen LogP contribution < -0.4 is 11.1 Å². The smallest absolute Gasteiger partial charge is 0.324 e. The Morgan fingerprint density at radius 3 is 2.50 bits per heavy atom. The monoisotopic (exact) mass is 283 g/mol. The first-order valence-corrected chi connectivity index (χ1v) is 6.07. The highest BCUT2D eigenvalue weighted by Gasteiger charge is 2.44. The molecule has 1 heterocycles. The standard InChI is InChI=1S/C13H15F2N3O2/c1-13(2)11(19)18(12(20)17-13)6-10(16)8-4-3-7(14)5-9(8)15/h3-5,10H,6,16H2,1-2H3,(H,17,20). The fourth-order valence-electron chi connectivity index (χ4n) is 2.08. The van der Waals surface area contributed by atoms with Crippen molar-refractivity contribution in [3.05, 3.63) is 35.4 Å². The number of amides is 3. The number of nitrogens with one attached hydrogen (secondary N) is 1. The van der Waals surface area contributed by atoms with Crippen LogP contribution in [0.3, 0.4) is 0 Å². The first-order valence-electron chi connectivity index (χ1n) is 6.07. The van der Waals surface area contributed by atoms with Crippen LogP contribution in [0, 0.1) is 11.6 Å². The second kappa shape index (κ2) is 4.82. The predicted octanol–water partition coefficient (Wildman–Crippen LogP) is 1.30. The van der Waals surface area contributed by atoms with Crippen molar-refractivity contribution in [1.29, 1.82) is 0 Å². The summed E-state index contributed by atoms with van der Waals surface area (Å²) in [5.74, 6) is -1.95. The largest absolute Gasteiger partial charge is 0.325 e. The minimum Gasteiger partial charge on any atom is -0.324 e. The van der Waals surface area contributed by atoms with Gasteiger partial charge in [0.2, 0.25) is 0 Å². The predicted molar refractivity (Wildman–Crippen MR) is 67.6 cm³/mol. The molecule has 1 aliphatic heterocycles. The van der Waals surface area contributed by atoms with E-state index in [0.717, 1.165) is 11.0 Å². The van der Waals surface area contributed by atoms with Gasteiger partial charge in [-0.15, -0.1) is 0 Å². The lowest BCUT2D eigenvalue weighted by Gasteiger charge is -2.20. The normalized spacial score (nSPS) is 19.1. The summed E-state index contributed by atoms with van der Waals surface area (Å²) in [6.07, 6.45) is 0. The third-order valence-corrected chi connectivity index (χ3v) is 3.19. The van der Waals surface area contributed by atoms with Gasteiger partial charge in [0.15, 0.2) is 0 Å². The third kappa shape index (κ3) is 2.49. The maximum atomic E-state index is 13.6. The lowest BCUT2D eigenvalue weighted by molar-refractivity contribution is -0.130. The van der Waals surface area contributed by atoms with Crippen LogP contribution in [0.4, 0.5) is 13.6 Å². The molecule has 1 saturated heterocycles. The molecule has 108 valence electrons. The number of nitrogens with zero attached hydrogens (tertiary/aromatic N) is 1. The van der Waals surface area contributed by atoms with Gasteiger partial charge in [-0.05, 0) is 19.9 Å². The molecular weight excluding hydrogens is 268 g/mol. The molecule has 0 aromatic heterocycles. The summed E-state index contributed by atoms with van der Waals surface area (Å²) in [4.78, 5) is 24.6. The number of hydrogen-bond donors (Lipinski definition) is 2. The van der Waals surface area contributed by atoms with Crippen molar-refractivity contribution < 1.29 is 18.4 Å². The van der Waals surface area contributed by atoms with Gasteiger partial charge in [-0.1, -0.05) is 6.07 Å². The van der Waals surface area contributed by atoms with E-state index in [9.17, 15) is 18.4 Å². The van der Waals surface area contributed by atoms with Crippen molar-refractivity contribution in [2.45, 2.75) is 25.4 Å². The fraction of sp³-hybridized carbons (Fsp3) is 0.385. The van der Waals surface area contributed by atoms with Gasteiger partial charge in [0.1, 0.15) is 17.2 Å². The van der Waals surface area contributed by atoms with E-state index in [2.05, 4.69) is 5.32 Å². The van der Waals surface area contributed by atoms with Crippen molar-refractivity contribution in [2.75, 3.05) is 6.54 Å². The lowest BCUT2D eigenvalue weighted by atomic mass is 10.0. The van der Waals surface area contributed by atoms with Crippen LogP contribution >= 0.6 is 0 Å². The molecule has 1 aromatic carbocycles. The molecule has 0 radical (unpaired) electrons. The summed E-state index contributed by atoms with van der Waals surface area (Å²) in [6, 6.07) is 1.51. The van der Waals surface area contributed by atoms with Crippen molar-refractivity contribution in [2.24, 2.45) is 5.73 Å². The molecule has 0 bridgehead atoms. The first kappa shape index (κ1) is 14.4. The van der Waals surface area contributed by atoms with E-state index in [4.69, 9.17) is 5.73 Å². The number of hydrogen-bond acceptors (Lipinski definition) is 3. The highest BCUT2D eigenvalue weighted by atomic mass is 19.1. The third-order valence-electron chi connectivity index (χ3n) is 3.19. The molecule has 1 aliphatic rings. The SMILES string of the molecule is CC1(C)NC(=O)N(CC(N)c2ccc(F)cc2F)C1=O. The van der Waals surface area contributed by atoms with Gasteiger partial charge in [-0.2, -0.15) is 0 Å². The van der Waals surface area contributed by atoms with Gasteiger partial charge in [0, 0.05) is 18.2 Å². The Kier molecular flexibility index (Phi) is 3.47. The van der Waals surface area contributed by atoms with Crippen molar-refractivity contribution >= 4 is 11.9 Å². The number of halogens is 2. The van der Waals surface area contributed by atoms with E-state index in [1.165, 1.54) is 6.07 Å². The molecule has 3 amide bonds. The summed E-state index contributed by atoms with van der Waals surface area (Å²) in [5, 5.41) is 2.50. The number of carbonyl (C=O) groups excluding carboxylic acids is 2. The molecule has 1 atom stereocenters. The first-order chi connectivity index (χ1) is 9.22. The number of nitrogens with two attached hydrogens (primary N) is 1. The zero-order chi connectivity index (χ0) is 15.1. The summed E-state index contributed by atoms with van der Waals surface area (Å²) in [7, 11) is 0.